The second-order valence-electron chi connectivity index (χ2n) is 3.98. The van der Waals surface area contributed by atoms with Crippen LogP contribution in [0.3, 0.4) is 0 Å². The van der Waals surface area contributed by atoms with Gasteiger partial charge in [-0.1, -0.05) is 0 Å². The zero-order valence-corrected chi connectivity index (χ0v) is 11.1. The number of ether oxygens (including phenoxy) is 1. The van der Waals surface area contributed by atoms with Gasteiger partial charge in [0, 0.05) is 19.9 Å². The molecule has 1 aromatic rings. The van der Waals surface area contributed by atoms with Crippen LogP contribution in [-0.4, -0.2) is 48.3 Å². The third-order valence-corrected chi connectivity index (χ3v) is 2.47. The number of aromatic carboxylic acids is 1. The van der Waals surface area contributed by atoms with Crippen LogP contribution in [0.2, 0.25) is 0 Å². The molecule has 20 heavy (non-hydrogen) atoms. The van der Waals surface area contributed by atoms with Gasteiger partial charge in [0.1, 0.15) is 11.6 Å². The lowest BCUT2D eigenvalue weighted by atomic mass is 10.2. The molecule has 0 saturated carbocycles. The minimum atomic E-state index is -1.40. The van der Waals surface area contributed by atoms with E-state index in [1.165, 1.54) is 14.0 Å². The van der Waals surface area contributed by atoms with Crippen LogP contribution < -0.4 is 10.6 Å². The van der Waals surface area contributed by atoms with E-state index in [-0.39, 0.29) is 11.7 Å². The summed E-state index contributed by atoms with van der Waals surface area (Å²) in [4.78, 5) is 26.1. The molecule has 8 heteroatoms. The second kappa shape index (κ2) is 7.39. The first-order valence-corrected chi connectivity index (χ1v) is 5.88. The Morgan fingerprint density at radius 3 is 2.85 bits per heavy atom. The maximum atomic E-state index is 13.8. The van der Waals surface area contributed by atoms with Crippen LogP contribution in [0, 0.1) is 5.82 Å². The molecular formula is C12H16FN3O4. The summed E-state index contributed by atoms with van der Waals surface area (Å²) >= 11 is 0. The van der Waals surface area contributed by atoms with Gasteiger partial charge in [-0.15, -0.1) is 0 Å². The minimum absolute atomic E-state index is 0.278. The van der Waals surface area contributed by atoms with Crippen molar-refractivity contribution in [2.75, 3.05) is 25.6 Å². The molecule has 1 aromatic heterocycles. The molecule has 0 fully saturated rings. The van der Waals surface area contributed by atoms with E-state index in [4.69, 9.17) is 9.84 Å². The van der Waals surface area contributed by atoms with Gasteiger partial charge in [0.15, 0.2) is 11.6 Å². The summed E-state index contributed by atoms with van der Waals surface area (Å²) in [5.41, 5.74) is -0.505. The number of pyridine rings is 1. The van der Waals surface area contributed by atoms with Crippen molar-refractivity contribution in [1.29, 1.82) is 0 Å². The van der Waals surface area contributed by atoms with Gasteiger partial charge < -0.3 is 20.5 Å². The number of nitrogens with one attached hydrogen (secondary N) is 2. The monoisotopic (exact) mass is 285 g/mol. The highest BCUT2D eigenvalue weighted by atomic mass is 19.1. The summed E-state index contributed by atoms with van der Waals surface area (Å²) < 4.78 is 18.6. The minimum Gasteiger partial charge on any atom is -0.478 e. The smallest absolute Gasteiger partial charge is 0.338 e. The van der Waals surface area contributed by atoms with Gasteiger partial charge in [0.05, 0.1) is 6.61 Å². The Hall–Kier alpha value is -2.22. The van der Waals surface area contributed by atoms with Gasteiger partial charge in [-0.3, -0.25) is 4.79 Å². The van der Waals surface area contributed by atoms with E-state index >= 15 is 0 Å². The van der Waals surface area contributed by atoms with Crippen molar-refractivity contribution < 1.29 is 23.8 Å². The molecule has 1 rings (SSSR count). The fourth-order valence-electron chi connectivity index (χ4n) is 1.41. The van der Waals surface area contributed by atoms with Crippen molar-refractivity contribution in [2.45, 2.75) is 13.0 Å². The Labute approximate surface area is 115 Å². The zero-order valence-electron chi connectivity index (χ0n) is 11.1. The molecule has 110 valence electrons. The number of anilines is 1. The first-order chi connectivity index (χ1) is 9.47. The number of methoxy groups -OCH3 is 1. The number of carbonyl (C=O) groups excluding carboxylic acids is 1. The molecule has 0 aliphatic carbocycles. The van der Waals surface area contributed by atoms with E-state index in [9.17, 15) is 14.0 Å². The normalized spacial score (nSPS) is 11.8. The number of aromatic nitrogens is 1. The maximum Gasteiger partial charge on any atom is 0.338 e. The van der Waals surface area contributed by atoms with Crippen LogP contribution >= 0.6 is 0 Å². The van der Waals surface area contributed by atoms with Crippen LogP contribution in [0.1, 0.15) is 17.3 Å². The Kier molecular flexibility index (Phi) is 5.85. The number of nitrogens with zero attached hydrogens (tertiary/aromatic N) is 1. The van der Waals surface area contributed by atoms with Crippen molar-refractivity contribution in [2.24, 2.45) is 0 Å². The first kappa shape index (κ1) is 15.8. The second-order valence-corrected chi connectivity index (χ2v) is 3.98. The molecule has 0 bridgehead atoms. The fourth-order valence-corrected chi connectivity index (χ4v) is 1.41. The summed E-state index contributed by atoms with van der Waals surface area (Å²) in [5, 5.41) is 13.9. The number of carboxylic acid groups (broad SMARTS) is 1. The van der Waals surface area contributed by atoms with Crippen molar-refractivity contribution in [1.82, 2.24) is 10.3 Å². The van der Waals surface area contributed by atoms with Crippen molar-refractivity contribution in [3.8, 4) is 0 Å². The molecule has 0 spiro atoms. The highest BCUT2D eigenvalue weighted by Crippen LogP contribution is 2.15. The highest BCUT2D eigenvalue weighted by molar-refractivity contribution is 5.89. The quantitative estimate of drug-likeness (QED) is 0.630. The molecule has 0 radical (unpaired) electrons. The number of rotatable bonds is 7. The summed E-state index contributed by atoms with van der Waals surface area (Å²) in [6, 6.07) is 0.282. The molecular weight excluding hydrogens is 269 g/mol. The molecule has 7 nitrogen and oxygen atoms in total. The summed E-state index contributed by atoms with van der Waals surface area (Å²) in [6.07, 6.45) is 1.16. The number of hydrogen-bond acceptors (Lipinski definition) is 5. The predicted molar refractivity (Wildman–Crippen MR) is 69.1 cm³/mol. The molecule has 0 saturated heterocycles. The van der Waals surface area contributed by atoms with Crippen molar-refractivity contribution >= 4 is 17.7 Å². The maximum absolute atomic E-state index is 13.8. The van der Waals surface area contributed by atoms with Crippen LogP contribution in [0.4, 0.5) is 10.2 Å². The molecule has 1 heterocycles. The van der Waals surface area contributed by atoms with E-state index < -0.39 is 23.4 Å². The van der Waals surface area contributed by atoms with Gasteiger partial charge in [-0.25, -0.2) is 14.2 Å². The molecule has 1 atom stereocenters. The standard InChI is InChI=1S/C12H16FN3O4/c1-7(11(17)15-5-6-20-2)16-10-9(13)8(12(18)19)3-4-14-10/h3-4,7H,5-6H2,1-2H3,(H,14,16)(H,15,17)(H,18,19). The van der Waals surface area contributed by atoms with E-state index in [1.54, 1.807) is 0 Å². The van der Waals surface area contributed by atoms with E-state index in [1.807, 2.05) is 0 Å². The van der Waals surface area contributed by atoms with Crippen LogP contribution in [-0.2, 0) is 9.53 Å². The average molecular weight is 285 g/mol. The lowest BCUT2D eigenvalue weighted by Crippen LogP contribution is -2.39. The molecule has 0 aliphatic rings. The lowest BCUT2D eigenvalue weighted by molar-refractivity contribution is -0.121. The van der Waals surface area contributed by atoms with Crippen LogP contribution in [0.25, 0.3) is 0 Å². The third-order valence-electron chi connectivity index (χ3n) is 2.47. The van der Waals surface area contributed by atoms with Crippen LogP contribution in [0.5, 0.6) is 0 Å². The van der Waals surface area contributed by atoms with Crippen LogP contribution in [0.15, 0.2) is 12.3 Å². The van der Waals surface area contributed by atoms with Gasteiger partial charge in [-0.05, 0) is 13.0 Å². The molecule has 1 unspecified atom stereocenters. The van der Waals surface area contributed by atoms with E-state index in [0.29, 0.717) is 13.2 Å². The Bertz CT molecular complexity index is 496. The number of carboxylic acids is 1. The highest BCUT2D eigenvalue weighted by Gasteiger charge is 2.19. The van der Waals surface area contributed by atoms with Gasteiger partial charge in [-0.2, -0.15) is 0 Å². The summed E-state index contributed by atoms with van der Waals surface area (Å²) in [7, 11) is 1.50. The van der Waals surface area contributed by atoms with E-state index in [2.05, 4.69) is 15.6 Å². The Morgan fingerprint density at radius 1 is 1.55 bits per heavy atom. The van der Waals surface area contributed by atoms with E-state index in [0.717, 1.165) is 12.3 Å². The molecule has 0 aromatic carbocycles. The third kappa shape index (κ3) is 4.16. The van der Waals surface area contributed by atoms with Gasteiger partial charge >= 0.3 is 5.97 Å². The number of amides is 1. The van der Waals surface area contributed by atoms with Gasteiger partial charge in [0.25, 0.3) is 0 Å². The SMILES string of the molecule is COCCNC(=O)C(C)Nc1nccc(C(=O)O)c1F. The number of hydrogen-bond donors (Lipinski definition) is 3. The predicted octanol–water partition coefficient (Wildman–Crippen LogP) is 0.482. The molecule has 3 N–H and O–H groups in total. The largest absolute Gasteiger partial charge is 0.478 e. The lowest BCUT2D eigenvalue weighted by Gasteiger charge is -2.15. The van der Waals surface area contributed by atoms with Crippen molar-refractivity contribution in [3.05, 3.63) is 23.6 Å². The number of halogens is 1. The average Bonchev–Trinajstić information content (AvgIpc) is 2.40. The summed E-state index contributed by atoms with van der Waals surface area (Å²) in [5.74, 6) is -3.05. The molecule has 0 aliphatic heterocycles. The number of carbonyl (C=O) groups is 2. The topological polar surface area (TPSA) is 101 Å². The Balaban J connectivity index is 2.71. The first-order valence-electron chi connectivity index (χ1n) is 5.88. The zero-order chi connectivity index (χ0) is 15.1. The summed E-state index contributed by atoms with van der Waals surface area (Å²) in [6.45, 7) is 2.20. The Morgan fingerprint density at radius 2 is 2.25 bits per heavy atom. The fraction of sp³-hybridized carbons (Fsp3) is 0.417. The molecule has 1 amide bonds. The van der Waals surface area contributed by atoms with Gasteiger partial charge in [0.2, 0.25) is 5.91 Å². The van der Waals surface area contributed by atoms with Crippen molar-refractivity contribution in [3.63, 3.8) is 0 Å².